The lowest BCUT2D eigenvalue weighted by atomic mass is 10.0. The first-order chi connectivity index (χ1) is 17.8. The molecule has 4 heteroatoms. The minimum atomic E-state index is 0.0471. The third-order valence-electron chi connectivity index (χ3n) is 7.37. The van der Waals surface area contributed by atoms with E-state index in [-0.39, 0.29) is 6.61 Å². The minimum absolute atomic E-state index is 0.0471. The Labute approximate surface area is 226 Å². The normalized spacial score (nSPS) is 11.3. The molecule has 0 unspecified atom stereocenters. The largest absolute Gasteiger partial charge is 0.394 e. The molecule has 1 amide bonds. The second-order valence-corrected chi connectivity index (χ2v) is 10.9. The van der Waals surface area contributed by atoms with E-state index in [1.807, 2.05) is 4.90 Å². The first kappa shape index (κ1) is 35.4. The summed E-state index contributed by atoms with van der Waals surface area (Å²) in [5, 5.41) is 8.93. The molecule has 0 aromatic heterocycles. The highest BCUT2D eigenvalue weighted by atomic mass is 16.5. The quantitative estimate of drug-likeness (QED) is 0.0978. The van der Waals surface area contributed by atoms with Gasteiger partial charge in [-0.05, 0) is 12.8 Å². The number of carbonyl (C=O) groups is 1. The van der Waals surface area contributed by atoms with Gasteiger partial charge in [-0.3, -0.25) is 4.79 Å². The highest BCUT2D eigenvalue weighted by Crippen LogP contribution is 2.14. The number of nitrogens with zero attached hydrogens (tertiary/aromatic N) is 1. The van der Waals surface area contributed by atoms with Crippen LogP contribution in [0.2, 0.25) is 0 Å². The van der Waals surface area contributed by atoms with E-state index in [2.05, 4.69) is 13.8 Å². The molecule has 0 spiro atoms. The molecular weight excluding hydrogens is 446 g/mol. The summed E-state index contributed by atoms with van der Waals surface area (Å²) >= 11 is 0. The van der Waals surface area contributed by atoms with Gasteiger partial charge >= 0.3 is 0 Å². The van der Waals surface area contributed by atoms with Gasteiger partial charge in [0, 0.05) is 19.5 Å². The fraction of sp³-hybridized carbons (Fsp3) is 0.969. The van der Waals surface area contributed by atoms with Gasteiger partial charge in [0.25, 0.3) is 0 Å². The molecule has 0 saturated heterocycles. The molecule has 0 aliphatic rings. The Morgan fingerprint density at radius 3 is 1.33 bits per heavy atom. The van der Waals surface area contributed by atoms with Crippen LogP contribution in [0.15, 0.2) is 0 Å². The van der Waals surface area contributed by atoms with Crippen LogP contribution in [0.3, 0.4) is 0 Å². The number of aliphatic hydroxyl groups excluding tert-OH is 1. The summed E-state index contributed by atoms with van der Waals surface area (Å²) in [6.45, 7) is 7.01. The SMILES string of the molecule is CCCCCCCCCCCCCCN(CCOCCO)C(=O)CCCCCCCCCCCCC. The lowest BCUT2D eigenvalue weighted by Gasteiger charge is -2.23. The van der Waals surface area contributed by atoms with E-state index in [1.165, 1.54) is 135 Å². The average Bonchev–Trinajstić information content (AvgIpc) is 2.89. The van der Waals surface area contributed by atoms with Gasteiger partial charge in [0.05, 0.1) is 19.8 Å². The fourth-order valence-corrected chi connectivity index (χ4v) is 4.94. The van der Waals surface area contributed by atoms with Gasteiger partial charge in [-0.1, -0.05) is 149 Å². The van der Waals surface area contributed by atoms with E-state index < -0.39 is 0 Å². The molecule has 0 rings (SSSR count). The molecule has 0 radical (unpaired) electrons. The van der Waals surface area contributed by atoms with Gasteiger partial charge in [-0.2, -0.15) is 0 Å². The summed E-state index contributed by atoms with van der Waals surface area (Å²) in [5.41, 5.74) is 0. The second kappa shape index (κ2) is 30.6. The maximum atomic E-state index is 12.8. The van der Waals surface area contributed by atoms with Gasteiger partial charge < -0.3 is 14.7 Å². The molecule has 0 aliphatic carbocycles. The topological polar surface area (TPSA) is 49.8 Å². The predicted octanol–water partition coefficient (Wildman–Crippen LogP) is 9.23. The van der Waals surface area contributed by atoms with Crippen molar-refractivity contribution in [1.29, 1.82) is 0 Å². The molecule has 0 aliphatic heterocycles. The van der Waals surface area contributed by atoms with Crippen LogP contribution in [0.5, 0.6) is 0 Å². The number of hydrogen-bond donors (Lipinski definition) is 1. The Bertz CT molecular complexity index is 430. The Balaban J connectivity index is 3.84. The van der Waals surface area contributed by atoms with Crippen LogP contribution < -0.4 is 0 Å². The lowest BCUT2D eigenvalue weighted by Crippen LogP contribution is -2.35. The predicted molar refractivity (Wildman–Crippen MR) is 157 cm³/mol. The van der Waals surface area contributed by atoms with Gasteiger partial charge in [0.15, 0.2) is 0 Å². The first-order valence-electron chi connectivity index (χ1n) is 16.2. The molecule has 0 aromatic rings. The Morgan fingerprint density at radius 2 is 0.917 bits per heavy atom. The number of aliphatic hydroxyl groups is 1. The summed E-state index contributed by atoms with van der Waals surface area (Å²) in [6, 6.07) is 0. The summed E-state index contributed by atoms with van der Waals surface area (Å²) in [5.74, 6) is 0.293. The van der Waals surface area contributed by atoms with Crippen molar-refractivity contribution in [1.82, 2.24) is 4.90 Å². The highest BCUT2D eigenvalue weighted by Gasteiger charge is 2.12. The van der Waals surface area contributed by atoms with E-state index in [4.69, 9.17) is 9.84 Å². The van der Waals surface area contributed by atoms with Gasteiger partial charge in [-0.15, -0.1) is 0 Å². The van der Waals surface area contributed by atoms with Crippen molar-refractivity contribution in [3.8, 4) is 0 Å². The van der Waals surface area contributed by atoms with Gasteiger partial charge in [0.1, 0.15) is 0 Å². The zero-order valence-electron chi connectivity index (χ0n) is 24.7. The summed E-state index contributed by atoms with van der Waals surface area (Å²) in [4.78, 5) is 14.8. The van der Waals surface area contributed by atoms with Crippen molar-refractivity contribution in [2.24, 2.45) is 0 Å². The smallest absolute Gasteiger partial charge is 0.222 e. The number of ether oxygens (including phenoxy) is 1. The van der Waals surface area contributed by atoms with Crippen LogP contribution >= 0.6 is 0 Å². The maximum absolute atomic E-state index is 12.8. The minimum Gasteiger partial charge on any atom is -0.394 e. The molecule has 0 atom stereocenters. The van der Waals surface area contributed by atoms with E-state index in [9.17, 15) is 4.79 Å². The van der Waals surface area contributed by atoms with Crippen molar-refractivity contribution in [3.05, 3.63) is 0 Å². The van der Waals surface area contributed by atoms with E-state index >= 15 is 0 Å². The number of rotatable bonds is 30. The van der Waals surface area contributed by atoms with E-state index in [0.717, 1.165) is 19.4 Å². The molecule has 216 valence electrons. The molecule has 1 N–H and O–H groups in total. The Hall–Kier alpha value is -0.610. The van der Waals surface area contributed by atoms with Crippen LogP contribution in [0, 0.1) is 0 Å². The average molecular weight is 512 g/mol. The van der Waals surface area contributed by atoms with E-state index in [0.29, 0.717) is 32.1 Å². The van der Waals surface area contributed by atoms with Crippen molar-refractivity contribution < 1.29 is 14.6 Å². The molecular formula is C32H65NO3. The summed E-state index contributed by atoms with van der Waals surface area (Å²) in [6.07, 6.45) is 31.2. The molecule has 4 nitrogen and oxygen atoms in total. The second-order valence-electron chi connectivity index (χ2n) is 10.9. The number of hydrogen-bond acceptors (Lipinski definition) is 3. The maximum Gasteiger partial charge on any atom is 0.222 e. The van der Waals surface area contributed by atoms with E-state index in [1.54, 1.807) is 0 Å². The molecule has 36 heavy (non-hydrogen) atoms. The first-order valence-corrected chi connectivity index (χ1v) is 16.2. The zero-order valence-corrected chi connectivity index (χ0v) is 24.7. The monoisotopic (exact) mass is 511 g/mol. The molecule has 0 saturated carbocycles. The van der Waals surface area contributed by atoms with Crippen LogP contribution in [0.1, 0.15) is 168 Å². The van der Waals surface area contributed by atoms with Crippen molar-refractivity contribution in [2.75, 3.05) is 32.9 Å². The van der Waals surface area contributed by atoms with Crippen molar-refractivity contribution in [3.63, 3.8) is 0 Å². The molecule has 0 fully saturated rings. The molecule has 0 heterocycles. The van der Waals surface area contributed by atoms with Crippen LogP contribution in [-0.2, 0) is 9.53 Å². The third kappa shape index (κ3) is 26.5. The standard InChI is InChI=1S/C32H65NO3/c1-3-5-7-9-11-13-15-17-19-21-23-25-27-33(28-30-36-31-29-34)32(35)26-24-22-20-18-16-14-12-10-8-6-4-2/h34H,3-31H2,1-2H3. The van der Waals surface area contributed by atoms with Crippen LogP contribution in [0.4, 0.5) is 0 Å². The fourth-order valence-electron chi connectivity index (χ4n) is 4.94. The van der Waals surface area contributed by atoms with Crippen LogP contribution in [0.25, 0.3) is 0 Å². The van der Waals surface area contributed by atoms with Gasteiger partial charge in [0.2, 0.25) is 5.91 Å². The van der Waals surface area contributed by atoms with Crippen molar-refractivity contribution in [2.45, 2.75) is 168 Å². The van der Waals surface area contributed by atoms with Gasteiger partial charge in [-0.25, -0.2) is 0 Å². The number of amides is 1. The lowest BCUT2D eigenvalue weighted by molar-refractivity contribution is -0.132. The zero-order chi connectivity index (χ0) is 26.4. The summed E-state index contributed by atoms with van der Waals surface area (Å²) in [7, 11) is 0. The number of unbranched alkanes of at least 4 members (excludes halogenated alkanes) is 21. The Kier molecular flexibility index (Phi) is 30.1. The molecule has 0 aromatic carbocycles. The Morgan fingerprint density at radius 1 is 0.528 bits per heavy atom. The highest BCUT2D eigenvalue weighted by molar-refractivity contribution is 5.76. The number of carbonyl (C=O) groups excluding carboxylic acids is 1. The molecule has 0 bridgehead atoms. The van der Waals surface area contributed by atoms with Crippen LogP contribution in [-0.4, -0.2) is 48.8 Å². The summed E-state index contributed by atoms with van der Waals surface area (Å²) < 4.78 is 5.44. The third-order valence-corrected chi connectivity index (χ3v) is 7.37. The van der Waals surface area contributed by atoms with Crippen molar-refractivity contribution >= 4 is 5.91 Å².